The highest BCUT2D eigenvalue weighted by molar-refractivity contribution is 5.94. The van der Waals surface area contributed by atoms with Crippen LogP contribution in [0.3, 0.4) is 0 Å². The van der Waals surface area contributed by atoms with Crippen molar-refractivity contribution in [2.45, 2.75) is 12.9 Å². The number of hydrogen-bond donors (Lipinski definition) is 1. The van der Waals surface area contributed by atoms with E-state index < -0.39 is 12.3 Å². The summed E-state index contributed by atoms with van der Waals surface area (Å²) in [5, 5.41) is 6.94. The lowest BCUT2D eigenvalue weighted by atomic mass is 10.2. The minimum absolute atomic E-state index is 0.161. The molecule has 0 aliphatic rings. The van der Waals surface area contributed by atoms with Crippen LogP contribution in [0, 0.1) is 0 Å². The van der Waals surface area contributed by atoms with Crippen molar-refractivity contribution in [2.24, 2.45) is 7.05 Å². The first-order valence-corrected chi connectivity index (χ1v) is 7.52. The van der Waals surface area contributed by atoms with Gasteiger partial charge in [-0.25, -0.2) is 0 Å². The van der Waals surface area contributed by atoms with Crippen LogP contribution in [0.15, 0.2) is 53.1 Å². The molecule has 0 spiro atoms. The van der Waals surface area contributed by atoms with Crippen molar-refractivity contribution in [3.63, 3.8) is 0 Å². The largest absolute Gasteiger partial charge is 0.573 e. The van der Waals surface area contributed by atoms with E-state index in [0.717, 1.165) is 17.8 Å². The Morgan fingerprint density at radius 1 is 1.27 bits per heavy atom. The van der Waals surface area contributed by atoms with Crippen molar-refractivity contribution in [3.05, 3.63) is 60.0 Å². The van der Waals surface area contributed by atoms with Gasteiger partial charge < -0.3 is 14.5 Å². The third-order valence-electron chi connectivity index (χ3n) is 3.48. The normalized spacial score (nSPS) is 11.4. The molecular weight excluding hydrogens is 351 g/mol. The van der Waals surface area contributed by atoms with Gasteiger partial charge in [-0.15, -0.1) is 13.2 Å². The van der Waals surface area contributed by atoms with Gasteiger partial charge in [-0.3, -0.25) is 9.48 Å². The fraction of sp³-hybridized carbons (Fsp3) is 0.176. The number of furan rings is 1. The summed E-state index contributed by atoms with van der Waals surface area (Å²) in [7, 11) is 1.75. The standard InChI is InChI=1S/C17H14F3N3O3/c1-23-14(15-3-2-8-25-15)9-12(22-23)10-21-16(24)11-4-6-13(7-5-11)26-17(18,19)20/h2-9H,10H2,1H3,(H,21,24). The number of carbonyl (C=O) groups excluding carboxylic acids is 1. The number of ether oxygens (including phenoxy) is 1. The second-order valence-corrected chi connectivity index (χ2v) is 5.38. The van der Waals surface area contributed by atoms with Gasteiger partial charge in [0.25, 0.3) is 5.91 Å². The second-order valence-electron chi connectivity index (χ2n) is 5.38. The molecular formula is C17H14F3N3O3. The lowest BCUT2D eigenvalue weighted by Crippen LogP contribution is -2.23. The average molecular weight is 365 g/mol. The van der Waals surface area contributed by atoms with Gasteiger partial charge in [-0.1, -0.05) is 0 Å². The fourth-order valence-electron chi connectivity index (χ4n) is 2.35. The third kappa shape index (κ3) is 4.24. The molecule has 3 aromatic rings. The highest BCUT2D eigenvalue weighted by Crippen LogP contribution is 2.23. The van der Waals surface area contributed by atoms with Crippen LogP contribution in [-0.4, -0.2) is 22.1 Å². The molecule has 0 bridgehead atoms. The van der Waals surface area contributed by atoms with Crippen LogP contribution in [0.4, 0.5) is 13.2 Å². The van der Waals surface area contributed by atoms with Gasteiger partial charge in [-0.2, -0.15) is 5.10 Å². The van der Waals surface area contributed by atoms with Crippen LogP contribution in [0.25, 0.3) is 11.5 Å². The highest BCUT2D eigenvalue weighted by Gasteiger charge is 2.31. The van der Waals surface area contributed by atoms with E-state index in [1.807, 2.05) is 0 Å². The molecule has 2 aromatic heterocycles. The average Bonchev–Trinajstić information content (AvgIpc) is 3.21. The van der Waals surface area contributed by atoms with Crippen LogP contribution < -0.4 is 10.1 Å². The zero-order valence-corrected chi connectivity index (χ0v) is 13.6. The van der Waals surface area contributed by atoms with E-state index in [4.69, 9.17) is 4.42 Å². The number of hydrogen-bond acceptors (Lipinski definition) is 4. The van der Waals surface area contributed by atoms with Crippen molar-refractivity contribution in [2.75, 3.05) is 0 Å². The van der Waals surface area contributed by atoms with E-state index in [1.54, 1.807) is 36.2 Å². The molecule has 0 radical (unpaired) electrons. The van der Waals surface area contributed by atoms with Crippen molar-refractivity contribution >= 4 is 5.91 Å². The molecule has 1 N–H and O–H groups in total. The number of halogens is 3. The van der Waals surface area contributed by atoms with Crippen molar-refractivity contribution in [3.8, 4) is 17.2 Å². The second kappa shape index (κ2) is 6.95. The maximum atomic E-state index is 12.1. The molecule has 0 saturated heterocycles. The molecule has 6 nitrogen and oxygen atoms in total. The zero-order valence-electron chi connectivity index (χ0n) is 13.6. The van der Waals surface area contributed by atoms with Crippen LogP contribution in [0.2, 0.25) is 0 Å². The molecule has 0 unspecified atom stereocenters. The molecule has 3 rings (SSSR count). The molecule has 136 valence electrons. The Morgan fingerprint density at radius 2 is 2.00 bits per heavy atom. The highest BCUT2D eigenvalue weighted by atomic mass is 19.4. The molecule has 26 heavy (non-hydrogen) atoms. The topological polar surface area (TPSA) is 69.3 Å². The van der Waals surface area contributed by atoms with Gasteiger partial charge in [0.15, 0.2) is 5.76 Å². The third-order valence-corrected chi connectivity index (χ3v) is 3.48. The lowest BCUT2D eigenvalue weighted by molar-refractivity contribution is -0.274. The number of aryl methyl sites for hydroxylation is 1. The molecule has 0 saturated carbocycles. The minimum Gasteiger partial charge on any atom is -0.463 e. The van der Waals surface area contributed by atoms with E-state index in [-0.39, 0.29) is 17.9 Å². The monoisotopic (exact) mass is 365 g/mol. The quantitative estimate of drug-likeness (QED) is 0.751. The summed E-state index contributed by atoms with van der Waals surface area (Å²) in [5.41, 5.74) is 1.58. The predicted octanol–water partition coefficient (Wildman–Crippen LogP) is 3.51. The zero-order chi connectivity index (χ0) is 18.7. The number of amides is 1. The maximum absolute atomic E-state index is 12.1. The number of benzene rings is 1. The summed E-state index contributed by atoms with van der Waals surface area (Å²) >= 11 is 0. The van der Waals surface area contributed by atoms with Gasteiger partial charge in [0.05, 0.1) is 18.5 Å². The molecule has 9 heteroatoms. The first-order valence-electron chi connectivity index (χ1n) is 7.52. The Balaban J connectivity index is 1.61. The van der Waals surface area contributed by atoms with Crippen LogP contribution in [-0.2, 0) is 13.6 Å². The molecule has 1 amide bonds. The van der Waals surface area contributed by atoms with E-state index >= 15 is 0 Å². The maximum Gasteiger partial charge on any atom is 0.573 e. The Bertz CT molecular complexity index is 884. The van der Waals surface area contributed by atoms with Gasteiger partial charge >= 0.3 is 6.36 Å². The van der Waals surface area contributed by atoms with E-state index in [1.165, 1.54) is 12.1 Å². The Kier molecular flexibility index (Phi) is 4.70. The summed E-state index contributed by atoms with van der Waals surface area (Å²) in [6.45, 7) is 0.161. The molecule has 0 aliphatic carbocycles. The Hall–Kier alpha value is -3.23. The number of nitrogens with one attached hydrogen (secondary N) is 1. The van der Waals surface area contributed by atoms with E-state index in [0.29, 0.717) is 11.5 Å². The summed E-state index contributed by atoms with van der Waals surface area (Å²) < 4.78 is 47.1. The summed E-state index contributed by atoms with van der Waals surface area (Å²) in [4.78, 5) is 12.1. The predicted molar refractivity (Wildman–Crippen MR) is 85.2 cm³/mol. The number of aromatic nitrogens is 2. The van der Waals surface area contributed by atoms with Crippen LogP contribution >= 0.6 is 0 Å². The Morgan fingerprint density at radius 3 is 2.62 bits per heavy atom. The molecule has 0 atom stereocenters. The first kappa shape index (κ1) is 17.6. The fourth-order valence-corrected chi connectivity index (χ4v) is 2.35. The van der Waals surface area contributed by atoms with Crippen molar-refractivity contribution < 1.29 is 27.1 Å². The van der Waals surface area contributed by atoms with Gasteiger partial charge in [-0.05, 0) is 42.5 Å². The lowest BCUT2D eigenvalue weighted by Gasteiger charge is -2.09. The number of nitrogens with zero attached hydrogens (tertiary/aromatic N) is 2. The minimum atomic E-state index is -4.77. The number of rotatable bonds is 5. The van der Waals surface area contributed by atoms with E-state index in [2.05, 4.69) is 15.2 Å². The summed E-state index contributed by atoms with van der Waals surface area (Å²) in [6, 6.07) is 10.0. The van der Waals surface area contributed by atoms with Gasteiger partial charge in [0, 0.05) is 12.6 Å². The van der Waals surface area contributed by atoms with Crippen molar-refractivity contribution in [1.82, 2.24) is 15.1 Å². The van der Waals surface area contributed by atoms with Crippen LogP contribution in [0.1, 0.15) is 16.1 Å². The number of alkyl halides is 3. The molecule has 0 aliphatic heterocycles. The van der Waals surface area contributed by atoms with Crippen LogP contribution in [0.5, 0.6) is 5.75 Å². The molecule has 1 aromatic carbocycles. The SMILES string of the molecule is Cn1nc(CNC(=O)c2ccc(OC(F)(F)F)cc2)cc1-c1ccco1. The molecule has 2 heterocycles. The van der Waals surface area contributed by atoms with Gasteiger partial charge in [0.2, 0.25) is 0 Å². The van der Waals surface area contributed by atoms with Gasteiger partial charge in [0.1, 0.15) is 11.4 Å². The van der Waals surface area contributed by atoms with Crippen molar-refractivity contribution in [1.29, 1.82) is 0 Å². The smallest absolute Gasteiger partial charge is 0.463 e. The Labute approximate surface area is 146 Å². The summed E-state index contributed by atoms with van der Waals surface area (Å²) in [5.74, 6) is -0.173. The molecule has 0 fully saturated rings. The summed E-state index contributed by atoms with van der Waals surface area (Å²) in [6.07, 6.45) is -3.22. The number of carbonyl (C=O) groups is 1. The van der Waals surface area contributed by atoms with E-state index in [9.17, 15) is 18.0 Å². The first-order chi connectivity index (χ1) is 12.3.